The molecule has 16 heavy (non-hydrogen) atoms. The van der Waals surface area contributed by atoms with Gasteiger partial charge in [0.05, 0.1) is 17.4 Å². The van der Waals surface area contributed by atoms with Crippen LogP contribution < -0.4 is 9.88 Å². The van der Waals surface area contributed by atoms with Crippen molar-refractivity contribution in [3.8, 4) is 5.75 Å². The molecule has 0 saturated carbocycles. The Morgan fingerprint density at radius 1 is 1.44 bits per heavy atom. The van der Waals surface area contributed by atoms with Gasteiger partial charge in [-0.15, -0.1) is 0 Å². The van der Waals surface area contributed by atoms with E-state index in [9.17, 15) is 12.8 Å². The summed E-state index contributed by atoms with van der Waals surface area (Å²) in [6.45, 7) is 0.179. The van der Waals surface area contributed by atoms with E-state index in [0.29, 0.717) is 5.75 Å². The zero-order chi connectivity index (χ0) is 12.2. The summed E-state index contributed by atoms with van der Waals surface area (Å²) in [7, 11) is -3.46. The second-order valence-electron chi connectivity index (χ2n) is 3.14. The van der Waals surface area contributed by atoms with Crippen molar-refractivity contribution in [1.82, 2.24) is 0 Å². The lowest BCUT2D eigenvalue weighted by atomic mass is 10.3. The maximum absolute atomic E-state index is 12.8. The lowest BCUT2D eigenvalue weighted by Crippen LogP contribution is -2.18. The van der Waals surface area contributed by atoms with Crippen LogP contribution in [-0.4, -0.2) is 20.8 Å². The molecule has 0 spiro atoms. The van der Waals surface area contributed by atoms with Gasteiger partial charge in [0.1, 0.15) is 11.6 Å². The standard InChI is InChI=1S/C9H11ClFNO3S/c10-8-6-7(2-3-9(8)11)15-4-1-5-16(12,13)14/h2-3,6H,1,4-5H2,(H2,12,13,14). The van der Waals surface area contributed by atoms with Crippen molar-refractivity contribution in [3.63, 3.8) is 0 Å². The maximum Gasteiger partial charge on any atom is 0.209 e. The summed E-state index contributed by atoms with van der Waals surface area (Å²) in [4.78, 5) is 0. The Hall–Kier alpha value is -0.850. The van der Waals surface area contributed by atoms with E-state index in [1.54, 1.807) is 0 Å². The van der Waals surface area contributed by atoms with Crippen molar-refractivity contribution in [3.05, 3.63) is 29.0 Å². The molecule has 4 nitrogen and oxygen atoms in total. The largest absolute Gasteiger partial charge is 0.494 e. The lowest BCUT2D eigenvalue weighted by molar-refractivity contribution is 0.317. The summed E-state index contributed by atoms with van der Waals surface area (Å²) in [5.41, 5.74) is 0. The first kappa shape index (κ1) is 13.2. The number of benzene rings is 1. The number of sulfonamides is 1. The Morgan fingerprint density at radius 2 is 2.12 bits per heavy atom. The summed E-state index contributed by atoms with van der Waals surface area (Å²) < 4.78 is 39.1. The number of halogens is 2. The first-order chi connectivity index (χ1) is 7.38. The van der Waals surface area contributed by atoms with Gasteiger partial charge < -0.3 is 4.74 Å². The number of primary sulfonamides is 1. The molecule has 0 aromatic heterocycles. The summed E-state index contributed by atoms with van der Waals surface area (Å²) in [6, 6.07) is 3.92. The zero-order valence-corrected chi connectivity index (χ0v) is 9.89. The minimum atomic E-state index is -3.46. The number of nitrogens with two attached hydrogens (primary N) is 1. The summed E-state index contributed by atoms with van der Waals surface area (Å²) >= 11 is 5.53. The van der Waals surface area contributed by atoms with Gasteiger partial charge in [-0.1, -0.05) is 11.6 Å². The van der Waals surface area contributed by atoms with E-state index in [1.165, 1.54) is 18.2 Å². The molecule has 1 aromatic carbocycles. The fourth-order valence-corrected chi connectivity index (χ4v) is 1.71. The Labute approximate surface area is 98.2 Å². The third-order valence-corrected chi connectivity index (χ3v) is 2.88. The number of ether oxygens (including phenoxy) is 1. The quantitative estimate of drug-likeness (QED) is 0.823. The van der Waals surface area contributed by atoms with Crippen molar-refractivity contribution >= 4 is 21.6 Å². The normalized spacial score (nSPS) is 11.4. The Kier molecular flexibility index (Phi) is 4.52. The highest BCUT2D eigenvalue weighted by atomic mass is 35.5. The van der Waals surface area contributed by atoms with Gasteiger partial charge in [-0.3, -0.25) is 0 Å². The van der Waals surface area contributed by atoms with Gasteiger partial charge in [0.15, 0.2) is 0 Å². The average Bonchev–Trinajstić information content (AvgIpc) is 2.17. The third-order valence-electron chi connectivity index (χ3n) is 1.73. The van der Waals surface area contributed by atoms with Gasteiger partial charge >= 0.3 is 0 Å². The molecule has 0 aliphatic rings. The van der Waals surface area contributed by atoms with Crippen LogP contribution in [0.3, 0.4) is 0 Å². The van der Waals surface area contributed by atoms with E-state index in [0.717, 1.165) is 0 Å². The van der Waals surface area contributed by atoms with Crippen LogP contribution in [0.1, 0.15) is 6.42 Å². The van der Waals surface area contributed by atoms with E-state index in [4.69, 9.17) is 21.5 Å². The highest BCUT2D eigenvalue weighted by Gasteiger charge is 2.04. The summed E-state index contributed by atoms with van der Waals surface area (Å²) in [5.74, 6) is -0.290. The van der Waals surface area contributed by atoms with Crippen LogP contribution in [0.2, 0.25) is 5.02 Å². The van der Waals surface area contributed by atoms with E-state index in [-0.39, 0.29) is 23.8 Å². The fourth-order valence-electron chi connectivity index (χ4n) is 1.02. The molecule has 0 amide bonds. The molecule has 0 radical (unpaired) electrons. The van der Waals surface area contributed by atoms with Gasteiger partial charge in [0.25, 0.3) is 0 Å². The Morgan fingerprint density at radius 3 is 2.69 bits per heavy atom. The van der Waals surface area contributed by atoms with Crippen molar-refractivity contribution < 1.29 is 17.5 Å². The van der Waals surface area contributed by atoms with E-state index in [2.05, 4.69) is 0 Å². The SMILES string of the molecule is NS(=O)(=O)CCCOc1ccc(F)c(Cl)c1. The molecule has 2 N–H and O–H groups in total. The predicted octanol–water partition coefficient (Wildman–Crippen LogP) is 1.54. The number of hydrogen-bond donors (Lipinski definition) is 1. The van der Waals surface area contributed by atoms with Crippen molar-refractivity contribution in [2.24, 2.45) is 5.14 Å². The molecule has 0 aliphatic heterocycles. The molecule has 1 aromatic rings. The van der Waals surface area contributed by atoms with Gasteiger partial charge in [-0.2, -0.15) is 0 Å². The van der Waals surface area contributed by atoms with Crippen LogP contribution in [0.5, 0.6) is 5.75 Å². The average molecular weight is 268 g/mol. The van der Waals surface area contributed by atoms with Gasteiger partial charge in [0.2, 0.25) is 10.0 Å². The summed E-state index contributed by atoms with van der Waals surface area (Å²) in [6.07, 6.45) is 0.272. The minimum Gasteiger partial charge on any atom is -0.494 e. The molecule has 0 atom stereocenters. The van der Waals surface area contributed by atoms with E-state index in [1.807, 2.05) is 0 Å². The van der Waals surface area contributed by atoms with Crippen LogP contribution in [0.4, 0.5) is 4.39 Å². The lowest BCUT2D eigenvalue weighted by Gasteiger charge is -2.05. The summed E-state index contributed by atoms with van der Waals surface area (Å²) in [5, 5.41) is 4.77. The first-order valence-electron chi connectivity index (χ1n) is 4.47. The smallest absolute Gasteiger partial charge is 0.209 e. The zero-order valence-electron chi connectivity index (χ0n) is 8.32. The van der Waals surface area contributed by atoms with E-state index < -0.39 is 15.8 Å². The van der Waals surface area contributed by atoms with Crippen molar-refractivity contribution in [1.29, 1.82) is 0 Å². The topological polar surface area (TPSA) is 69.4 Å². The predicted molar refractivity (Wildman–Crippen MR) is 59.5 cm³/mol. The molecule has 0 heterocycles. The van der Waals surface area contributed by atoms with Gasteiger partial charge in [-0.05, 0) is 18.6 Å². The number of rotatable bonds is 5. The van der Waals surface area contributed by atoms with Gasteiger partial charge in [-0.25, -0.2) is 17.9 Å². The molecule has 0 saturated heterocycles. The highest BCUT2D eigenvalue weighted by molar-refractivity contribution is 7.89. The minimum absolute atomic E-state index is 0.0380. The molecule has 0 unspecified atom stereocenters. The molecule has 90 valence electrons. The molecular weight excluding hydrogens is 257 g/mol. The molecule has 0 bridgehead atoms. The molecule has 0 aliphatic carbocycles. The molecule has 1 rings (SSSR count). The highest BCUT2D eigenvalue weighted by Crippen LogP contribution is 2.21. The van der Waals surface area contributed by atoms with Gasteiger partial charge in [0, 0.05) is 6.07 Å². The second kappa shape index (κ2) is 5.47. The van der Waals surface area contributed by atoms with Crippen LogP contribution in [0.25, 0.3) is 0 Å². The third kappa shape index (κ3) is 4.78. The van der Waals surface area contributed by atoms with Crippen LogP contribution in [0, 0.1) is 5.82 Å². The molecule has 0 fully saturated rings. The van der Waals surface area contributed by atoms with Crippen molar-refractivity contribution in [2.75, 3.05) is 12.4 Å². The maximum atomic E-state index is 12.8. The number of hydrogen-bond acceptors (Lipinski definition) is 3. The molecule has 7 heteroatoms. The van der Waals surface area contributed by atoms with Crippen molar-refractivity contribution in [2.45, 2.75) is 6.42 Å². The van der Waals surface area contributed by atoms with Crippen LogP contribution in [-0.2, 0) is 10.0 Å². The Balaban J connectivity index is 2.41. The molecular formula is C9H11ClFNO3S. The van der Waals surface area contributed by atoms with Crippen LogP contribution >= 0.6 is 11.6 Å². The van der Waals surface area contributed by atoms with Crippen LogP contribution in [0.15, 0.2) is 18.2 Å². The second-order valence-corrected chi connectivity index (χ2v) is 5.29. The van der Waals surface area contributed by atoms with E-state index >= 15 is 0 Å². The monoisotopic (exact) mass is 267 g/mol. The fraction of sp³-hybridized carbons (Fsp3) is 0.333. The Bertz CT molecular complexity index is 464. The first-order valence-corrected chi connectivity index (χ1v) is 6.56.